The normalized spacial score (nSPS) is 10.6. The molecule has 2 aromatic heterocycles. The number of rotatable bonds is 3. The second-order valence-electron chi connectivity index (χ2n) is 4.59. The maximum absolute atomic E-state index is 14.2. The van der Waals surface area contributed by atoms with Crippen molar-refractivity contribution in [1.29, 1.82) is 0 Å². The summed E-state index contributed by atoms with van der Waals surface area (Å²) in [5, 5.41) is 7.12. The van der Waals surface area contributed by atoms with Gasteiger partial charge in [-0.1, -0.05) is 11.6 Å². The molecule has 122 valence electrons. The lowest BCUT2D eigenvalue weighted by Crippen LogP contribution is -2.22. The molecule has 2 heterocycles. The molecule has 0 saturated carbocycles. The van der Waals surface area contributed by atoms with Crippen LogP contribution in [0.4, 0.5) is 20.7 Å². The number of benzene rings is 1. The summed E-state index contributed by atoms with van der Waals surface area (Å²) >= 11 is 7.26. The molecule has 0 unspecified atom stereocenters. The summed E-state index contributed by atoms with van der Waals surface area (Å²) in [5.74, 6) is -1.71. The van der Waals surface area contributed by atoms with Crippen LogP contribution in [0.3, 0.4) is 0 Å². The molecule has 10 heteroatoms. The number of nitrogens with two attached hydrogens (primary N) is 1. The van der Waals surface area contributed by atoms with Gasteiger partial charge in [-0.25, -0.2) is 19.2 Å². The van der Waals surface area contributed by atoms with E-state index in [-0.39, 0.29) is 22.1 Å². The Labute approximate surface area is 143 Å². The van der Waals surface area contributed by atoms with Crippen LogP contribution in [0.5, 0.6) is 0 Å². The van der Waals surface area contributed by atoms with Gasteiger partial charge >= 0.3 is 6.03 Å². The number of nitrogens with zero attached hydrogens (tertiary/aromatic N) is 2. The quantitative estimate of drug-likeness (QED) is 0.661. The Hall–Kier alpha value is -2.78. The number of aromatic nitrogens is 2. The first-order chi connectivity index (χ1) is 11.5. The molecule has 0 fully saturated rings. The van der Waals surface area contributed by atoms with Crippen LogP contribution in [-0.2, 0) is 0 Å². The second-order valence-corrected chi connectivity index (χ2v) is 5.89. The molecule has 0 spiro atoms. The first-order valence-corrected chi connectivity index (χ1v) is 7.77. The van der Waals surface area contributed by atoms with Gasteiger partial charge < -0.3 is 11.1 Å². The Morgan fingerprint density at radius 1 is 1.21 bits per heavy atom. The summed E-state index contributed by atoms with van der Waals surface area (Å²) in [7, 11) is 0. The number of fused-ring (bicyclic) bond motifs is 1. The van der Waals surface area contributed by atoms with E-state index >= 15 is 0 Å². The van der Waals surface area contributed by atoms with Crippen molar-refractivity contribution in [2.24, 2.45) is 5.73 Å². The van der Waals surface area contributed by atoms with E-state index < -0.39 is 17.8 Å². The molecule has 1 aromatic carbocycles. The lowest BCUT2D eigenvalue weighted by Gasteiger charge is -2.11. The van der Waals surface area contributed by atoms with Crippen LogP contribution in [0.25, 0.3) is 10.2 Å². The molecule has 3 amide bonds. The molecule has 0 atom stereocenters. The minimum Gasteiger partial charge on any atom is -0.366 e. The Morgan fingerprint density at radius 2 is 2.00 bits per heavy atom. The van der Waals surface area contributed by atoms with Gasteiger partial charge in [0, 0.05) is 0 Å². The minimum atomic E-state index is -1.01. The molecule has 0 bridgehead atoms. The molecular formula is C14H9ClFN5O2S. The predicted octanol–water partition coefficient (Wildman–Crippen LogP) is 3.23. The lowest BCUT2D eigenvalue weighted by molar-refractivity contribution is 0.0996. The SMILES string of the molecule is NC(=O)c1ccc(Cl)c(NC(=O)Nc2ncnc3sccc23)c1F. The topological polar surface area (TPSA) is 110 Å². The van der Waals surface area contributed by atoms with Crippen molar-refractivity contribution in [2.75, 3.05) is 10.6 Å². The highest BCUT2D eigenvalue weighted by molar-refractivity contribution is 7.16. The molecule has 0 aliphatic carbocycles. The van der Waals surface area contributed by atoms with Crippen LogP contribution in [-0.4, -0.2) is 21.9 Å². The van der Waals surface area contributed by atoms with Crippen molar-refractivity contribution in [2.45, 2.75) is 0 Å². The molecule has 3 aromatic rings. The van der Waals surface area contributed by atoms with Crippen molar-refractivity contribution in [1.82, 2.24) is 9.97 Å². The average Bonchev–Trinajstić information content (AvgIpc) is 3.00. The van der Waals surface area contributed by atoms with E-state index in [1.165, 1.54) is 23.7 Å². The Morgan fingerprint density at radius 3 is 2.75 bits per heavy atom. The number of halogens is 2. The van der Waals surface area contributed by atoms with E-state index in [0.29, 0.717) is 10.2 Å². The van der Waals surface area contributed by atoms with Gasteiger partial charge in [0.1, 0.15) is 17.0 Å². The van der Waals surface area contributed by atoms with E-state index in [0.717, 1.165) is 6.07 Å². The van der Waals surface area contributed by atoms with Gasteiger partial charge in [-0.3, -0.25) is 10.1 Å². The first-order valence-electron chi connectivity index (χ1n) is 6.51. The van der Waals surface area contributed by atoms with Gasteiger partial charge in [0.2, 0.25) is 0 Å². The third-order valence-electron chi connectivity index (χ3n) is 3.09. The van der Waals surface area contributed by atoms with Crippen molar-refractivity contribution >= 4 is 56.6 Å². The molecule has 24 heavy (non-hydrogen) atoms. The molecule has 0 saturated heterocycles. The second kappa shape index (κ2) is 6.38. The monoisotopic (exact) mass is 365 g/mol. The van der Waals surface area contributed by atoms with Crippen LogP contribution in [0.2, 0.25) is 5.02 Å². The molecule has 0 aliphatic heterocycles. The summed E-state index contributed by atoms with van der Waals surface area (Å²) in [5.41, 5.74) is 4.35. The summed E-state index contributed by atoms with van der Waals surface area (Å²) < 4.78 is 14.2. The maximum Gasteiger partial charge on any atom is 0.324 e. The van der Waals surface area contributed by atoms with Crippen molar-refractivity contribution in [3.63, 3.8) is 0 Å². The lowest BCUT2D eigenvalue weighted by atomic mass is 10.1. The number of anilines is 2. The van der Waals surface area contributed by atoms with E-state index in [2.05, 4.69) is 20.6 Å². The first kappa shape index (κ1) is 16.1. The number of amides is 3. The number of hydrogen-bond donors (Lipinski definition) is 3. The molecular weight excluding hydrogens is 357 g/mol. The summed E-state index contributed by atoms with van der Waals surface area (Å²) in [4.78, 5) is 32.0. The largest absolute Gasteiger partial charge is 0.366 e. The Balaban J connectivity index is 1.87. The fourth-order valence-electron chi connectivity index (χ4n) is 2.00. The highest BCUT2D eigenvalue weighted by Crippen LogP contribution is 2.28. The van der Waals surface area contributed by atoms with E-state index in [1.54, 1.807) is 11.4 Å². The van der Waals surface area contributed by atoms with Crippen LogP contribution in [0.1, 0.15) is 10.4 Å². The van der Waals surface area contributed by atoms with Crippen molar-refractivity contribution < 1.29 is 14.0 Å². The van der Waals surface area contributed by atoms with Crippen molar-refractivity contribution in [3.8, 4) is 0 Å². The Kier molecular flexibility index (Phi) is 4.28. The number of primary amides is 1. The van der Waals surface area contributed by atoms with Gasteiger partial charge in [0.05, 0.1) is 21.7 Å². The zero-order valence-corrected chi connectivity index (χ0v) is 13.4. The molecule has 3 rings (SSSR count). The predicted molar refractivity (Wildman–Crippen MR) is 90.0 cm³/mol. The summed E-state index contributed by atoms with van der Waals surface area (Å²) in [6, 6.07) is 3.38. The molecule has 0 aliphatic rings. The number of thiophene rings is 1. The third kappa shape index (κ3) is 2.99. The number of carbonyl (C=O) groups is 2. The van der Waals surface area contributed by atoms with Gasteiger partial charge in [-0.2, -0.15) is 0 Å². The van der Waals surface area contributed by atoms with Crippen molar-refractivity contribution in [3.05, 3.63) is 46.3 Å². The number of nitrogens with one attached hydrogen (secondary N) is 2. The molecule has 7 nitrogen and oxygen atoms in total. The van der Waals surface area contributed by atoms with Gasteiger partial charge in [0.25, 0.3) is 5.91 Å². The van der Waals surface area contributed by atoms with Gasteiger partial charge in [-0.05, 0) is 23.6 Å². The van der Waals surface area contributed by atoms with Crippen LogP contribution in [0.15, 0.2) is 29.9 Å². The highest BCUT2D eigenvalue weighted by atomic mass is 35.5. The highest BCUT2D eigenvalue weighted by Gasteiger charge is 2.18. The standard InChI is InChI=1S/C14H9ClFN5O2S/c15-8-2-1-6(11(17)22)9(16)10(8)20-14(23)21-12-7-3-4-24-13(7)19-5-18-12/h1-5H,(H2,17,22)(H2,18,19,20,21,23). The van der Waals surface area contributed by atoms with E-state index in [4.69, 9.17) is 17.3 Å². The molecule has 0 radical (unpaired) electrons. The maximum atomic E-state index is 14.2. The zero-order chi connectivity index (χ0) is 17.3. The fraction of sp³-hybridized carbons (Fsp3) is 0. The van der Waals surface area contributed by atoms with Gasteiger partial charge in [-0.15, -0.1) is 11.3 Å². The van der Waals surface area contributed by atoms with E-state index in [9.17, 15) is 14.0 Å². The average molecular weight is 366 g/mol. The number of urea groups is 1. The van der Waals surface area contributed by atoms with Crippen LogP contribution >= 0.6 is 22.9 Å². The van der Waals surface area contributed by atoms with Crippen LogP contribution < -0.4 is 16.4 Å². The minimum absolute atomic E-state index is 0.0731. The van der Waals surface area contributed by atoms with E-state index in [1.807, 2.05) is 0 Å². The number of hydrogen-bond acceptors (Lipinski definition) is 5. The smallest absolute Gasteiger partial charge is 0.324 e. The van der Waals surface area contributed by atoms with Gasteiger partial charge in [0.15, 0.2) is 5.82 Å². The molecule has 4 N–H and O–H groups in total. The summed E-state index contributed by atoms with van der Waals surface area (Å²) in [6.45, 7) is 0. The third-order valence-corrected chi connectivity index (χ3v) is 4.22. The summed E-state index contributed by atoms with van der Waals surface area (Å²) in [6.07, 6.45) is 1.30. The number of carbonyl (C=O) groups excluding carboxylic acids is 2. The zero-order valence-electron chi connectivity index (χ0n) is 11.8. The Bertz CT molecular complexity index is 961. The van der Waals surface area contributed by atoms with Crippen LogP contribution in [0, 0.1) is 5.82 Å². The fourth-order valence-corrected chi connectivity index (χ4v) is 2.93.